The average Bonchev–Trinajstić information content (AvgIpc) is 2.16. The van der Waals surface area contributed by atoms with Crippen molar-refractivity contribution in [3.63, 3.8) is 0 Å². The number of methoxy groups -OCH3 is 1. The van der Waals surface area contributed by atoms with Gasteiger partial charge in [0.2, 0.25) is 0 Å². The Labute approximate surface area is 87.0 Å². The molecule has 4 nitrogen and oxygen atoms in total. The second-order valence-corrected chi connectivity index (χ2v) is 3.01. The largest absolute Gasteiger partial charge is 0.495 e. The quantitative estimate of drug-likeness (QED) is 0.579. The Morgan fingerprint density at radius 3 is 2.86 bits per heavy atom. The van der Waals surface area contributed by atoms with Crippen molar-refractivity contribution in [1.29, 1.82) is 0 Å². The van der Waals surface area contributed by atoms with Gasteiger partial charge in [-0.3, -0.25) is 4.79 Å². The number of nitrogens with two attached hydrogens (primary N) is 1. The molecule has 0 fully saturated rings. The lowest BCUT2D eigenvalue weighted by Crippen LogP contribution is -2.19. The Morgan fingerprint density at radius 1 is 1.64 bits per heavy atom. The minimum Gasteiger partial charge on any atom is -0.495 e. The smallest absolute Gasteiger partial charge is 0.168 e. The Bertz CT molecular complexity index is 366. The molecular formula is C9H10N2O2S. The van der Waals surface area contributed by atoms with Crippen molar-refractivity contribution in [1.82, 2.24) is 0 Å². The van der Waals surface area contributed by atoms with E-state index in [2.05, 4.69) is 17.5 Å². The topological polar surface area (TPSA) is 64.3 Å². The van der Waals surface area contributed by atoms with Gasteiger partial charge in [0, 0.05) is 5.56 Å². The third-order valence-corrected chi connectivity index (χ3v) is 1.72. The zero-order valence-corrected chi connectivity index (χ0v) is 8.43. The number of carbonyl (C=O) groups is 1. The number of nitrogens with one attached hydrogen (secondary N) is 1. The molecule has 0 atom stereocenters. The van der Waals surface area contributed by atoms with E-state index in [0.29, 0.717) is 17.0 Å². The molecule has 0 spiro atoms. The lowest BCUT2D eigenvalue weighted by molar-refractivity contribution is 0.112. The van der Waals surface area contributed by atoms with Crippen LogP contribution >= 0.6 is 12.2 Å². The standard InChI is InChI=1S/C9H10N2O2S/c1-13-8-3-2-6(5-12)4-7(8)11-9(10)14/h2-5H,1H3,(H3,10,11,14). The first-order valence-corrected chi connectivity index (χ1v) is 4.28. The Kier molecular flexibility index (Phi) is 3.41. The number of thiocarbonyl (C=S) groups is 1. The van der Waals surface area contributed by atoms with Crippen molar-refractivity contribution in [2.24, 2.45) is 5.73 Å². The van der Waals surface area contributed by atoms with Gasteiger partial charge in [-0.1, -0.05) is 0 Å². The molecule has 0 amide bonds. The van der Waals surface area contributed by atoms with E-state index in [0.717, 1.165) is 6.29 Å². The maximum atomic E-state index is 10.5. The van der Waals surface area contributed by atoms with E-state index in [1.54, 1.807) is 18.2 Å². The first kappa shape index (κ1) is 10.5. The molecule has 0 bridgehead atoms. The second-order valence-electron chi connectivity index (χ2n) is 2.57. The van der Waals surface area contributed by atoms with Crippen LogP contribution in [0.4, 0.5) is 5.69 Å². The Morgan fingerprint density at radius 2 is 2.36 bits per heavy atom. The van der Waals surface area contributed by atoms with Crippen LogP contribution in [0.3, 0.4) is 0 Å². The number of rotatable bonds is 3. The number of hydrogen-bond acceptors (Lipinski definition) is 3. The van der Waals surface area contributed by atoms with Gasteiger partial charge in [0.15, 0.2) is 5.11 Å². The SMILES string of the molecule is COc1ccc(C=O)cc1NC(N)=S. The highest BCUT2D eigenvalue weighted by Gasteiger charge is 2.04. The second kappa shape index (κ2) is 4.57. The molecule has 0 radical (unpaired) electrons. The lowest BCUT2D eigenvalue weighted by Gasteiger charge is -2.09. The van der Waals surface area contributed by atoms with E-state index in [1.165, 1.54) is 7.11 Å². The first-order chi connectivity index (χ1) is 6.67. The summed E-state index contributed by atoms with van der Waals surface area (Å²) in [4.78, 5) is 10.5. The van der Waals surface area contributed by atoms with Crippen LogP contribution < -0.4 is 15.8 Å². The fraction of sp³-hybridized carbons (Fsp3) is 0.111. The fourth-order valence-corrected chi connectivity index (χ4v) is 1.14. The van der Waals surface area contributed by atoms with Gasteiger partial charge in [0.25, 0.3) is 0 Å². The van der Waals surface area contributed by atoms with Gasteiger partial charge in [-0.05, 0) is 30.4 Å². The molecule has 14 heavy (non-hydrogen) atoms. The van der Waals surface area contributed by atoms with E-state index >= 15 is 0 Å². The number of aldehydes is 1. The summed E-state index contributed by atoms with van der Waals surface area (Å²) >= 11 is 4.69. The number of anilines is 1. The van der Waals surface area contributed by atoms with Gasteiger partial charge < -0.3 is 15.8 Å². The van der Waals surface area contributed by atoms with Crippen LogP contribution in [-0.2, 0) is 0 Å². The predicted molar refractivity (Wildman–Crippen MR) is 58.8 cm³/mol. The van der Waals surface area contributed by atoms with E-state index in [1.807, 2.05) is 0 Å². The summed E-state index contributed by atoms with van der Waals surface area (Å²) in [7, 11) is 1.53. The van der Waals surface area contributed by atoms with E-state index in [9.17, 15) is 4.79 Å². The maximum Gasteiger partial charge on any atom is 0.168 e. The van der Waals surface area contributed by atoms with E-state index in [4.69, 9.17) is 10.5 Å². The highest BCUT2D eigenvalue weighted by Crippen LogP contribution is 2.24. The number of benzene rings is 1. The van der Waals surface area contributed by atoms with Crippen molar-refractivity contribution < 1.29 is 9.53 Å². The molecule has 0 saturated carbocycles. The summed E-state index contributed by atoms with van der Waals surface area (Å²) in [6.07, 6.45) is 0.740. The monoisotopic (exact) mass is 210 g/mol. The third-order valence-electron chi connectivity index (χ3n) is 1.62. The molecule has 1 aromatic rings. The summed E-state index contributed by atoms with van der Waals surface area (Å²) in [6, 6.07) is 4.94. The molecule has 1 aromatic carbocycles. The van der Waals surface area contributed by atoms with Gasteiger partial charge in [0.1, 0.15) is 12.0 Å². The summed E-state index contributed by atoms with van der Waals surface area (Å²) < 4.78 is 5.05. The molecular weight excluding hydrogens is 200 g/mol. The van der Waals surface area contributed by atoms with Crippen LogP contribution in [0.1, 0.15) is 10.4 Å². The van der Waals surface area contributed by atoms with Crippen LogP contribution in [0.15, 0.2) is 18.2 Å². The molecule has 0 heterocycles. The molecule has 5 heteroatoms. The van der Waals surface area contributed by atoms with Crippen LogP contribution in [-0.4, -0.2) is 18.5 Å². The first-order valence-electron chi connectivity index (χ1n) is 3.87. The molecule has 74 valence electrons. The highest BCUT2D eigenvalue weighted by atomic mass is 32.1. The average molecular weight is 210 g/mol. The zero-order valence-electron chi connectivity index (χ0n) is 7.61. The molecule has 0 saturated heterocycles. The molecule has 0 aliphatic carbocycles. The van der Waals surface area contributed by atoms with E-state index in [-0.39, 0.29) is 5.11 Å². The van der Waals surface area contributed by atoms with Crippen LogP contribution in [0.25, 0.3) is 0 Å². The van der Waals surface area contributed by atoms with Crippen LogP contribution in [0.5, 0.6) is 5.75 Å². The van der Waals surface area contributed by atoms with Gasteiger partial charge in [-0.2, -0.15) is 0 Å². The maximum absolute atomic E-state index is 10.5. The minimum atomic E-state index is 0.131. The molecule has 0 aliphatic rings. The normalized spacial score (nSPS) is 9.21. The van der Waals surface area contributed by atoms with Gasteiger partial charge in [-0.25, -0.2) is 0 Å². The predicted octanol–water partition coefficient (Wildman–Crippen LogP) is 1.16. The molecule has 0 unspecified atom stereocenters. The number of carbonyl (C=O) groups excluding carboxylic acids is 1. The minimum absolute atomic E-state index is 0.131. The molecule has 0 aromatic heterocycles. The molecule has 0 aliphatic heterocycles. The van der Waals surface area contributed by atoms with E-state index < -0.39 is 0 Å². The van der Waals surface area contributed by atoms with Crippen molar-refractivity contribution in [2.45, 2.75) is 0 Å². The Hall–Kier alpha value is -1.62. The van der Waals surface area contributed by atoms with Crippen LogP contribution in [0.2, 0.25) is 0 Å². The number of ether oxygens (including phenoxy) is 1. The summed E-state index contributed by atoms with van der Waals surface area (Å²) in [5.41, 5.74) is 6.44. The zero-order chi connectivity index (χ0) is 10.6. The number of hydrogen-bond donors (Lipinski definition) is 2. The van der Waals surface area contributed by atoms with Crippen LogP contribution in [0, 0.1) is 0 Å². The van der Waals surface area contributed by atoms with Gasteiger partial charge in [-0.15, -0.1) is 0 Å². The summed E-state index contributed by atoms with van der Waals surface area (Å²) in [6.45, 7) is 0. The molecule has 3 N–H and O–H groups in total. The van der Waals surface area contributed by atoms with Crippen molar-refractivity contribution in [3.8, 4) is 5.75 Å². The van der Waals surface area contributed by atoms with Crippen molar-refractivity contribution in [3.05, 3.63) is 23.8 Å². The fourth-order valence-electron chi connectivity index (χ4n) is 1.03. The van der Waals surface area contributed by atoms with Gasteiger partial charge >= 0.3 is 0 Å². The summed E-state index contributed by atoms with van der Waals surface area (Å²) in [5, 5.41) is 2.86. The summed E-state index contributed by atoms with van der Waals surface area (Å²) in [5.74, 6) is 0.586. The molecule has 1 rings (SSSR count). The van der Waals surface area contributed by atoms with Gasteiger partial charge in [0.05, 0.1) is 12.8 Å². The van der Waals surface area contributed by atoms with Crippen molar-refractivity contribution in [2.75, 3.05) is 12.4 Å². The van der Waals surface area contributed by atoms with Crippen molar-refractivity contribution >= 4 is 29.3 Å². The third kappa shape index (κ3) is 2.43. The highest BCUT2D eigenvalue weighted by molar-refractivity contribution is 7.80. The Balaban J connectivity index is 3.07. The lowest BCUT2D eigenvalue weighted by atomic mass is 10.2.